The van der Waals surface area contributed by atoms with Crippen LogP contribution in [0, 0.1) is 0 Å². The fourth-order valence-electron chi connectivity index (χ4n) is 3.93. The fourth-order valence-corrected chi connectivity index (χ4v) is 4.59. The quantitative estimate of drug-likeness (QED) is 0.148. The minimum Gasteiger partial charge on any atom is -0.493 e. The van der Waals surface area contributed by atoms with Crippen molar-refractivity contribution in [3.05, 3.63) is 109 Å². The van der Waals surface area contributed by atoms with Crippen LogP contribution in [-0.2, 0) is 19.3 Å². The predicted molar refractivity (Wildman–Crippen MR) is 155 cm³/mol. The highest BCUT2D eigenvalue weighted by molar-refractivity contribution is 6.13. The second-order valence-corrected chi connectivity index (χ2v) is 9.83. The first-order valence-electron chi connectivity index (χ1n) is 12.3. The maximum atomic E-state index is 6.44. The lowest BCUT2D eigenvalue weighted by atomic mass is 10.1. The molecule has 0 aliphatic carbocycles. The van der Waals surface area contributed by atoms with Crippen molar-refractivity contribution in [1.82, 2.24) is 0 Å². The van der Waals surface area contributed by atoms with Crippen LogP contribution < -0.4 is 28.4 Å². The minimum absolute atomic E-state index is 0.292. The van der Waals surface area contributed by atoms with E-state index in [4.69, 9.17) is 28.4 Å². The molecule has 0 spiro atoms. The smallest absolute Gasteiger partial charge is 0.368 e. The van der Waals surface area contributed by atoms with E-state index in [2.05, 4.69) is 19.7 Å². The Hall–Kier alpha value is -4.10. The van der Waals surface area contributed by atoms with Crippen LogP contribution in [0.3, 0.4) is 0 Å². The van der Waals surface area contributed by atoms with Gasteiger partial charge in [-0.15, -0.1) is 19.7 Å². The topological polar surface area (TPSA) is 55.4 Å². The number of hydrogen-bond donors (Lipinski definition) is 0. The minimum atomic E-state index is -1.51. The molecule has 0 heterocycles. The van der Waals surface area contributed by atoms with Crippen LogP contribution in [0.4, 0.5) is 0 Å². The summed E-state index contributed by atoms with van der Waals surface area (Å²) in [6, 6.07) is 17.1. The molecule has 0 amide bonds. The first-order valence-corrected chi connectivity index (χ1v) is 13.3. The molecule has 38 heavy (non-hydrogen) atoms. The Labute approximate surface area is 228 Å². The maximum absolute atomic E-state index is 6.44. The largest absolute Gasteiger partial charge is 0.493 e. The molecule has 0 bridgehead atoms. The predicted octanol–water partition coefficient (Wildman–Crippen LogP) is 5.41. The summed E-state index contributed by atoms with van der Waals surface area (Å²) in [7, 11) is 5.08. The molecule has 0 unspecified atom stereocenters. The van der Waals surface area contributed by atoms with Crippen LogP contribution in [0.5, 0.6) is 34.5 Å². The standard InChI is InChI=1S/C31H36O6Si/c1-7-10-22-13-16-25(28(19-22)32-4)35-31(38,36-26-17-14-23(11-8-2)20-29(26)33-5)37-27-18-15-24(12-9-3)21-30(27)34-6/h7-9,13-21H,1-3,10-12H2,4-6,38H3. The number of allylic oxidation sites excluding steroid dienone is 3. The molecule has 7 heteroatoms. The highest BCUT2D eigenvalue weighted by Crippen LogP contribution is 2.38. The summed E-state index contributed by atoms with van der Waals surface area (Å²) in [5, 5.41) is 0. The summed E-state index contributed by atoms with van der Waals surface area (Å²) in [5.41, 5.74) is 1.63. The number of ether oxygens (including phenoxy) is 6. The Morgan fingerprint density at radius 1 is 0.553 bits per heavy atom. The maximum Gasteiger partial charge on any atom is 0.368 e. The van der Waals surface area contributed by atoms with Crippen molar-refractivity contribution in [3.8, 4) is 34.5 Å². The Kier molecular flexibility index (Phi) is 10.1. The van der Waals surface area contributed by atoms with Crippen LogP contribution in [0.15, 0.2) is 92.6 Å². The summed E-state index contributed by atoms with van der Waals surface area (Å²) in [6.45, 7) is 11.4. The van der Waals surface area contributed by atoms with Gasteiger partial charge < -0.3 is 28.4 Å². The van der Waals surface area contributed by atoms with Gasteiger partial charge in [0.05, 0.1) is 21.3 Å². The zero-order valence-electron chi connectivity index (χ0n) is 22.6. The Morgan fingerprint density at radius 3 is 1.08 bits per heavy atom. The molecule has 0 aliphatic heterocycles. The average Bonchev–Trinajstić information content (AvgIpc) is 2.91. The van der Waals surface area contributed by atoms with E-state index in [-0.39, 0.29) is 0 Å². The molecule has 0 aliphatic rings. The van der Waals surface area contributed by atoms with Gasteiger partial charge in [-0.1, -0.05) is 36.4 Å². The molecule has 6 nitrogen and oxygen atoms in total. The first kappa shape index (κ1) is 28.5. The van der Waals surface area contributed by atoms with Gasteiger partial charge >= 0.3 is 5.60 Å². The van der Waals surface area contributed by atoms with E-state index in [1.54, 1.807) is 21.3 Å². The first-order chi connectivity index (χ1) is 18.4. The molecule has 0 aromatic heterocycles. The summed E-state index contributed by atoms with van der Waals surface area (Å²) < 4.78 is 36.2. The van der Waals surface area contributed by atoms with Gasteiger partial charge in [-0.3, -0.25) is 0 Å². The van der Waals surface area contributed by atoms with Crippen molar-refractivity contribution in [2.24, 2.45) is 0 Å². The van der Waals surface area contributed by atoms with Crippen molar-refractivity contribution in [2.45, 2.75) is 24.9 Å². The Bertz CT molecular complexity index is 1120. The molecule has 0 radical (unpaired) electrons. The van der Waals surface area contributed by atoms with Crippen molar-refractivity contribution in [1.29, 1.82) is 0 Å². The van der Waals surface area contributed by atoms with Gasteiger partial charge in [-0.2, -0.15) is 0 Å². The molecular formula is C31H36O6Si. The van der Waals surface area contributed by atoms with Crippen molar-refractivity contribution >= 4 is 10.2 Å². The van der Waals surface area contributed by atoms with E-state index in [9.17, 15) is 0 Å². The van der Waals surface area contributed by atoms with Gasteiger partial charge in [-0.25, -0.2) is 0 Å². The van der Waals surface area contributed by atoms with E-state index >= 15 is 0 Å². The van der Waals surface area contributed by atoms with Crippen LogP contribution in [0.2, 0.25) is 0 Å². The van der Waals surface area contributed by atoms with Crippen LogP contribution in [-0.4, -0.2) is 37.2 Å². The third kappa shape index (κ3) is 7.23. The van der Waals surface area contributed by atoms with Crippen LogP contribution in [0.25, 0.3) is 0 Å². The molecule has 0 N–H and O–H groups in total. The third-order valence-corrected chi connectivity index (χ3v) is 6.32. The van der Waals surface area contributed by atoms with Crippen molar-refractivity contribution < 1.29 is 28.4 Å². The fraction of sp³-hybridized carbons (Fsp3) is 0.226. The van der Waals surface area contributed by atoms with Gasteiger partial charge in [-0.05, 0) is 72.4 Å². The molecule has 200 valence electrons. The van der Waals surface area contributed by atoms with Crippen LogP contribution >= 0.6 is 0 Å². The molecule has 0 atom stereocenters. The van der Waals surface area contributed by atoms with Crippen molar-refractivity contribution in [3.63, 3.8) is 0 Å². The van der Waals surface area contributed by atoms with Gasteiger partial charge in [0.2, 0.25) is 0 Å². The monoisotopic (exact) mass is 532 g/mol. The second-order valence-electron chi connectivity index (χ2n) is 8.60. The number of benzene rings is 3. The SMILES string of the molecule is C=CCc1ccc(OC([SiH3])(Oc2ccc(CC=C)cc2OC)Oc2ccc(CC=C)cc2OC)c(OC)c1. The zero-order valence-corrected chi connectivity index (χ0v) is 24.6. The third-order valence-electron chi connectivity index (χ3n) is 5.71. The summed E-state index contributed by atoms with van der Waals surface area (Å²) in [5.74, 6) is 3.08. The molecule has 0 fully saturated rings. The Balaban J connectivity index is 2.05. The number of rotatable bonds is 15. The normalized spacial score (nSPS) is 10.8. The number of methoxy groups -OCH3 is 3. The molecule has 3 rings (SSSR count). The summed E-state index contributed by atoms with van der Waals surface area (Å²) in [4.78, 5) is 0. The number of hydrogen-bond acceptors (Lipinski definition) is 6. The molecule has 3 aromatic rings. The van der Waals surface area contributed by atoms with Gasteiger partial charge in [0.15, 0.2) is 44.7 Å². The zero-order chi connectivity index (χ0) is 27.5. The highest BCUT2D eigenvalue weighted by atomic mass is 28.1. The van der Waals surface area contributed by atoms with Gasteiger partial charge in [0.25, 0.3) is 0 Å². The van der Waals surface area contributed by atoms with Crippen LogP contribution in [0.1, 0.15) is 16.7 Å². The van der Waals surface area contributed by atoms with E-state index in [1.807, 2.05) is 72.8 Å². The highest BCUT2D eigenvalue weighted by Gasteiger charge is 2.35. The lowest BCUT2D eigenvalue weighted by molar-refractivity contribution is -0.185. The lowest BCUT2D eigenvalue weighted by Crippen LogP contribution is -2.49. The van der Waals surface area contributed by atoms with E-state index < -0.39 is 5.60 Å². The van der Waals surface area contributed by atoms with E-state index in [0.29, 0.717) is 64.0 Å². The van der Waals surface area contributed by atoms with E-state index in [0.717, 1.165) is 16.7 Å². The van der Waals surface area contributed by atoms with Crippen molar-refractivity contribution in [2.75, 3.05) is 21.3 Å². The molecule has 3 aromatic carbocycles. The summed E-state index contributed by atoms with van der Waals surface area (Å²) >= 11 is 0. The second kappa shape index (κ2) is 13.4. The average molecular weight is 533 g/mol. The van der Waals surface area contributed by atoms with Gasteiger partial charge in [0.1, 0.15) is 0 Å². The molecule has 0 saturated carbocycles. The molecule has 0 saturated heterocycles. The lowest BCUT2D eigenvalue weighted by Gasteiger charge is -2.33. The van der Waals surface area contributed by atoms with Gasteiger partial charge in [0, 0.05) is 0 Å². The summed E-state index contributed by atoms with van der Waals surface area (Å²) in [6.07, 6.45) is 7.63. The molecular weight excluding hydrogens is 496 g/mol. The Morgan fingerprint density at radius 2 is 0.842 bits per heavy atom. The van der Waals surface area contributed by atoms with E-state index in [1.165, 1.54) is 0 Å².